The zero-order valence-electron chi connectivity index (χ0n) is 12.3. The van der Waals surface area contributed by atoms with Crippen molar-refractivity contribution in [1.82, 2.24) is 5.32 Å². The van der Waals surface area contributed by atoms with Crippen LogP contribution in [0.15, 0.2) is 48.5 Å². The van der Waals surface area contributed by atoms with Crippen molar-refractivity contribution in [2.75, 3.05) is 0 Å². The first-order chi connectivity index (χ1) is 10.8. The van der Waals surface area contributed by atoms with E-state index in [1.807, 2.05) is 0 Å². The molecule has 0 aromatic heterocycles. The number of hydrogen-bond acceptors (Lipinski definition) is 1. The molecule has 0 aliphatic heterocycles. The van der Waals surface area contributed by atoms with Gasteiger partial charge in [-0.15, -0.1) is 0 Å². The van der Waals surface area contributed by atoms with Crippen molar-refractivity contribution in [3.05, 3.63) is 71.0 Å². The molecule has 1 atom stereocenters. The number of amides is 1. The van der Waals surface area contributed by atoms with Gasteiger partial charge in [0.15, 0.2) is 0 Å². The lowest BCUT2D eigenvalue weighted by Crippen LogP contribution is -2.28. The molecular weight excluding hydrogens is 310 g/mol. The number of halogens is 4. The molecule has 2 nitrogen and oxygen atoms in total. The molecule has 0 spiro atoms. The summed E-state index contributed by atoms with van der Waals surface area (Å²) >= 11 is 0. The van der Waals surface area contributed by atoms with Gasteiger partial charge >= 0.3 is 6.18 Å². The van der Waals surface area contributed by atoms with Crippen molar-refractivity contribution < 1.29 is 22.4 Å². The zero-order valence-corrected chi connectivity index (χ0v) is 12.3. The molecule has 1 N–H and O–H groups in total. The maximum Gasteiger partial charge on any atom is 0.416 e. The van der Waals surface area contributed by atoms with Crippen LogP contribution in [0.25, 0.3) is 0 Å². The Bertz CT molecular complexity index is 680. The van der Waals surface area contributed by atoms with Crippen LogP contribution in [0.5, 0.6) is 0 Å². The lowest BCUT2D eigenvalue weighted by Gasteiger charge is -2.15. The maximum absolute atomic E-state index is 13.1. The molecule has 1 unspecified atom stereocenters. The number of carbonyl (C=O) groups is 1. The van der Waals surface area contributed by atoms with Crippen molar-refractivity contribution in [2.45, 2.75) is 25.6 Å². The van der Waals surface area contributed by atoms with E-state index in [2.05, 4.69) is 5.32 Å². The molecule has 122 valence electrons. The lowest BCUT2D eigenvalue weighted by atomic mass is 10.1. The van der Waals surface area contributed by atoms with E-state index in [0.29, 0.717) is 11.1 Å². The molecule has 0 saturated carbocycles. The van der Waals surface area contributed by atoms with Gasteiger partial charge in [-0.25, -0.2) is 4.39 Å². The van der Waals surface area contributed by atoms with Gasteiger partial charge in [0.25, 0.3) is 0 Å². The molecule has 0 heterocycles. The topological polar surface area (TPSA) is 29.1 Å². The Morgan fingerprint density at radius 1 is 1.13 bits per heavy atom. The van der Waals surface area contributed by atoms with Gasteiger partial charge in [-0.05, 0) is 42.3 Å². The smallest absolute Gasteiger partial charge is 0.349 e. The quantitative estimate of drug-likeness (QED) is 0.836. The molecule has 0 saturated heterocycles. The largest absolute Gasteiger partial charge is 0.416 e. The lowest BCUT2D eigenvalue weighted by molar-refractivity contribution is -0.137. The van der Waals surface area contributed by atoms with Crippen molar-refractivity contribution >= 4 is 5.91 Å². The van der Waals surface area contributed by atoms with E-state index in [1.54, 1.807) is 13.0 Å². The summed E-state index contributed by atoms with van der Waals surface area (Å²) in [7, 11) is 0. The summed E-state index contributed by atoms with van der Waals surface area (Å²) in [4.78, 5) is 11.9. The van der Waals surface area contributed by atoms with Gasteiger partial charge < -0.3 is 5.32 Å². The fourth-order valence-electron chi connectivity index (χ4n) is 2.17. The van der Waals surface area contributed by atoms with E-state index in [0.717, 1.165) is 12.1 Å². The van der Waals surface area contributed by atoms with E-state index >= 15 is 0 Å². The van der Waals surface area contributed by atoms with Crippen LogP contribution in [0.2, 0.25) is 0 Å². The Kier molecular flexibility index (Phi) is 5.03. The van der Waals surface area contributed by atoms with Crippen molar-refractivity contribution in [1.29, 1.82) is 0 Å². The van der Waals surface area contributed by atoms with Crippen molar-refractivity contribution in [3.8, 4) is 0 Å². The van der Waals surface area contributed by atoms with Crippen LogP contribution in [0.3, 0.4) is 0 Å². The van der Waals surface area contributed by atoms with Gasteiger partial charge in [-0.3, -0.25) is 4.79 Å². The van der Waals surface area contributed by atoms with Crippen LogP contribution in [0.1, 0.15) is 29.7 Å². The minimum Gasteiger partial charge on any atom is -0.349 e. The van der Waals surface area contributed by atoms with E-state index < -0.39 is 23.6 Å². The first kappa shape index (κ1) is 17.0. The first-order valence-corrected chi connectivity index (χ1v) is 6.96. The third-order valence-electron chi connectivity index (χ3n) is 3.37. The fourth-order valence-corrected chi connectivity index (χ4v) is 2.17. The second kappa shape index (κ2) is 6.81. The van der Waals surface area contributed by atoms with E-state index in [9.17, 15) is 22.4 Å². The summed E-state index contributed by atoms with van der Waals surface area (Å²) < 4.78 is 50.6. The average Bonchev–Trinajstić information content (AvgIpc) is 2.46. The van der Waals surface area contributed by atoms with Gasteiger partial charge in [-0.2, -0.15) is 13.2 Å². The summed E-state index contributed by atoms with van der Waals surface area (Å²) in [6.45, 7) is 1.67. The molecule has 23 heavy (non-hydrogen) atoms. The second-order valence-electron chi connectivity index (χ2n) is 5.22. The Labute approximate surface area is 131 Å². The summed E-state index contributed by atoms with van der Waals surface area (Å²) in [6, 6.07) is 9.86. The van der Waals surface area contributed by atoms with Crippen LogP contribution >= 0.6 is 0 Å². The van der Waals surface area contributed by atoms with Crippen LogP contribution in [0.4, 0.5) is 17.6 Å². The highest BCUT2D eigenvalue weighted by Gasteiger charge is 2.30. The standard InChI is InChI=1S/C17H15F4NO/c1-11(13-5-7-14(8-6-13)17(19,20)21)22-16(23)10-12-3-2-4-15(18)9-12/h2-9,11H,10H2,1H3,(H,22,23). The van der Waals surface area contributed by atoms with Gasteiger partial charge in [0, 0.05) is 0 Å². The summed E-state index contributed by atoms with van der Waals surface area (Å²) in [5.41, 5.74) is 0.354. The van der Waals surface area contributed by atoms with Crippen molar-refractivity contribution in [3.63, 3.8) is 0 Å². The number of rotatable bonds is 4. The normalized spacial score (nSPS) is 12.7. The number of nitrogens with one attached hydrogen (secondary N) is 1. The highest BCUT2D eigenvalue weighted by atomic mass is 19.4. The molecule has 0 fully saturated rings. The van der Waals surface area contributed by atoms with Gasteiger partial charge in [0.2, 0.25) is 5.91 Å². The van der Waals surface area contributed by atoms with E-state index in [-0.39, 0.29) is 12.3 Å². The first-order valence-electron chi connectivity index (χ1n) is 6.96. The molecule has 0 bridgehead atoms. The third kappa shape index (κ3) is 4.81. The van der Waals surface area contributed by atoms with Crippen LogP contribution in [-0.4, -0.2) is 5.91 Å². The monoisotopic (exact) mass is 325 g/mol. The number of carbonyl (C=O) groups excluding carboxylic acids is 1. The zero-order chi connectivity index (χ0) is 17.0. The molecule has 0 aliphatic rings. The predicted octanol–water partition coefficient (Wildman–Crippen LogP) is 4.26. The molecule has 2 aromatic rings. The van der Waals surface area contributed by atoms with Crippen molar-refractivity contribution in [2.24, 2.45) is 0 Å². The van der Waals surface area contributed by atoms with Crippen LogP contribution in [-0.2, 0) is 17.4 Å². The van der Waals surface area contributed by atoms with Gasteiger partial charge in [0.1, 0.15) is 5.82 Å². The second-order valence-corrected chi connectivity index (χ2v) is 5.22. The Morgan fingerprint density at radius 2 is 1.78 bits per heavy atom. The Hall–Kier alpha value is -2.37. The molecule has 2 rings (SSSR count). The molecular formula is C17H15F4NO. The van der Waals surface area contributed by atoms with Gasteiger partial charge in [-0.1, -0.05) is 24.3 Å². The molecule has 0 aliphatic carbocycles. The highest BCUT2D eigenvalue weighted by molar-refractivity contribution is 5.79. The SMILES string of the molecule is CC(NC(=O)Cc1cccc(F)c1)c1ccc(C(F)(F)F)cc1. The average molecular weight is 325 g/mol. The number of alkyl halides is 3. The molecule has 6 heteroatoms. The molecule has 0 radical (unpaired) electrons. The number of benzene rings is 2. The summed E-state index contributed by atoms with van der Waals surface area (Å²) in [5.74, 6) is -0.755. The van der Waals surface area contributed by atoms with E-state index in [1.165, 1.54) is 30.3 Å². The van der Waals surface area contributed by atoms with Crippen LogP contribution < -0.4 is 5.32 Å². The third-order valence-corrected chi connectivity index (χ3v) is 3.37. The highest BCUT2D eigenvalue weighted by Crippen LogP contribution is 2.29. The summed E-state index contributed by atoms with van der Waals surface area (Å²) in [6.07, 6.45) is -4.38. The molecule has 2 aromatic carbocycles. The number of hydrogen-bond donors (Lipinski definition) is 1. The predicted molar refractivity (Wildman–Crippen MR) is 78.1 cm³/mol. The minimum absolute atomic E-state index is 0.00271. The summed E-state index contributed by atoms with van der Waals surface area (Å²) in [5, 5.41) is 2.68. The fraction of sp³-hybridized carbons (Fsp3) is 0.235. The van der Waals surface area contributed by atoms with E-state index in [4.69, 9.17) is 0 Å². The Morgan fingerprint density at radius 3 is 2.35 bits per heavy atom. The maximum atomic E-state index is 13.1. The van der Waals surface area contributed by atoms with Crippen LogP contribution in [0, 0.1) is 5.82 Å². The minimum atomic E-state index is -4.39. The Balaban J connectivity index is 1.98. The van der Waals surface area contributed by atoms with Gasteiger partial charge in [0.05, 0.1) is 18.0 Å². The molecule has 1 amide bonds.